The topological polar surface area (TPSA) is 6.25 Å². The van der Waals surface area contributed by atoms with E-state index in [1.165, 1.54) is 32.6 Å². The molecule has 0 saturated heterocycles. The summed E-state index contributed by atoms with van der Waals surface area (Å²) in [4.78, 5) is 2.14. The first-order chi connectivity index (χ1) is 13.1. The van der Waals surface area contributed by atoms with Gasteiger partial charge in [0.05, 0.1) is 0 Å². The average Bonchev–Trinajstić information content (AvgIpc) is 2.67. The molecule has 0 bridgehead atoms. The summed E-state index contributed by atoms with van der Waals surface area (Å²) in [5.74, 6) is 0. The second-order valence-corrected chi connectivity index (χ2v) is 11.0. The maximum atomic E-state index is 2.42. The van der Waals surface area contributed by atoms with Gasteiger partial charge in [0, 0.05) is 0 Å². The Morgan fingerprint density at radius 3 is 1.93 bits per heavy atom. The normalized spacial score (nSPS) is 16.3. The fourth-order valence-electron chi connectivity index (χ4n) is 3.06. The number of hydrogen-bond donors (Lipinski definition) is 0. The summed E-state index contributed by atoms with van der Waals surface area (Å²) < 4.78 is 5.15. The fourth-order valence-corrected chi connectivity index (χ4v) is 5.51. The minimum absolute atomic E-state index is 0. The van der Waals surface area contributed by atoms with E-state index in [1.807, 2.05) is 0 Å². The van der Waals surface area contributed by atoms with Crippen LogP contribution in [-0.2, 0) is 0 Å². The summed E-state index contributed by atoms with van der Waals surface area (Å²) in [6, 6.07) is 8.88. The number of benzene rings is 1. The zero-order valence-electron chi connectivity index (χ0n) is 18.5. The van der Waals surface area contributed by atoms with Crippen molar-refractivity contribution in [2.24, 2.45) is 5.41 Å². The van der Waals surface area contributed by atoms with Crippen molar-refractivity contribution < 1.29 is 17.0 Å². The Morgan fingerprint density at radius 2 is 1.45 bits per heavy atom. The van der Waals surface area contributed by atoms with Gasteiger partial charge in [0.15, 0.2) is 0 Å². The van der Waals surface area contributed by atoms with Crippen molar-refractivity contribution in [2.75, 3.05) is 33.1 Å². The molecule has 0 radical (unpaired) electrons. The predicted octanol–water partition coefficient (Wildman–Crippen LogP) is 1.88. The molecule has 0 spiro atoms. The maximum Gasteiger partial charge on any atom is -1.00 e. The van der Waals surface area contributed by atoms with Gasteiger partial charge in [-0.3, -0.25) is 0 Å². The van der Waals surface area contributed by atoms with Gasteiger partial charge >= 0.3 is 177 Å². The molecule has 0 unspecified atom stereocenters. The molecule has 0 saturated carbocycles. The quantitative estimate of drug-likeness (QED) is 0.469. The molecule has 0 aromatic heterocycles. The van der Waals surface area contributed by atoms with Crippen LogP contribution >= 0.6 is 0 Å². The summed E-state index contributed by atoms with van der Waals surface area (Å²) in [5.41, 5.74) is 6.58. The van der Waals surface area contributed by atoms with Crippen LogP contribution in [0.4, 0.5) is 5.69 Å². The molecule has 1 aliphatic carbocycles. The van der Waals surface area contributed by atoms with Crippen molar-refractivity contribution in [2.45, 2.75) is 20.8 Å². The van der Waals surface area contributed by atoms with Gasteiger partial charge in [0.25, 0.3) is 0 Å². The van der Waals surface area contributed by atoms with E-state index in [9.17, 15) is 0 Å². The van der Waals surface area contributed by atoms with Gasteiger partial charge in [-0.2, -0.15) is 0 Å². The van der Waals surface area contributed by atoms with Crippen LogP contribution in [0.15, 0.2) is 75.2 Å². The Hall–Kier alpha value is -1.80. The van der Waals surface area contributed by atoms with E-state index < -0.39 is 0 Å². The number of anilines is 1. The van der Waals surface area contributed by atoms with Gasteiger partial charge < -0.3 is 12.4 Å². The minimum atomic E-state index is 0. The van der Waals surface area contributed by atoms with Crippen LogP contribution in [-0.4, -0.2) is 53.4 Å². The van der Waals surface area contributed by atoms with E-state index >= 15 is 0 Å². The largest absolute Gasteiger partial charge is 1.00 e. The molecular formula is C25H31ClN2Se. The van der Waals surface area contributed by atoms with Crippen LogP contribution < -0.4 is 17.3 Å². The molecule has 0 atom stereocenters. The Morgan fingerprint density at radius 1 is 0.862 bits per heavy atom. The summed E-state index contributed by atoms with van der Waals surface area (Å²) in [5, 5.41) is 0. The number of halogens is 1. The minimum Gasteiger partial charge on any atom is -1.00 e. The predicted molar refractivity (Wildman–Crippen MR) is 124 cm³/mol. The monoisotopic (exact) mass is 474 g/mol. The summed E-state index contributed by atoms with van der Waals surface area (Å²) in [6.07, 6.45) is 13.8. The van der Waals surface area contributed by atoms with Crippen molar-refractivity contribution in [3.05, 3.63) is 80.8 Å². The Balaban J connectivity index is 0.00000300. The van der Waals surface area contributed by atoms with Crippen molar-refractivity contribution in [3.63, 3.8) is 0 Å². The molecule has 1 aromatic carbocycles. The third-order valence-corrected chi connectivity index (χ3v) is 8.11. The van der Waals surface area contributed by atoms with Gasteiger partial charge in [0.2, 0.25) is 0 Å². The smallest absolute Gasteiger partial charge is 1.00 e. The van der Waals surface area contributed by atoms with E-state index in [2.05, 4.69) is 119 Å². The number of allylic oxidation sites excluding steroid dienone is 10. The summed E-state index contributed by atoms with van der Waals surface area (Å²) >= 11 is 0.338. The Bertz CT molecular complexity index is 928. The van der Waals surface area contributed by atoms with Crippen molar-refractivity contribution >= 4 is 31.9 Å². The number of nitrogens with zero attached hydrogens (tertiary/aromatic N) is 2. The SMILES string of the molecule is CN(C)c1ccc(C2=CC(=C3C=CC(=[N+](C)C)C=C3)[Se]C(C(C)(C)C)=C2)cc1.[Cl-]. The molecule has 2 nitrogen and oxygen atoms in total. The third-order valence-electron chi connectivity index (χ3n) is 4.92. The molecular weight excluding hydrogens is 443 g/mol. The zero-order valence-corrected chi connectivity index (χ0v) is 20.9. The van der Waals surface area contributed by atoms with Gasteiger partial charge in [-0.05, 0) is 0 Å². The van der Waals surface area contributed by atoms with E-state index in [0.717, 1.165) is 0 Å². The van der Waals surface area contributed by atoms with Crippen LogP contribution in [0, 0.1) is 5.41 Å². The van der Waals surface area contributed by atoms with Crippen LogP contribution in [0.3, 0.4) is 0 Å². The molecule has 0 amide bonds. The molecule has 3 rings (SSSR count). The molecule has 1 aliphatic heterocycles. The van der Waals surface area contributed by atoms with Crippen molar-refractivity contribution in [3.8, 4) is 0 Å². The molecule has 0 N–H and O–H groups in total. The Labute approximate surface area is 188 Å². The zero-order chi connectivity index (χ0) is 20.5. The first-order valence-corrected chi connectivity index (χ1v) is 11.4. The van der Waals surface area contributed by atoms with Crippen LogP contribution in [0.5, 0.6) is 0 Å². The van der Waals surface area contributed by atoms with E-state index in [0.29, 0.717) is 15.0 Å². The maximum absolute atomic E-state index is 2.42. The van der Waals surface area contributed by atoms with Crippen LogP contribution in [0.1, 0.15) is 26.3 Å². The van der Waals surface area contributed by atoms with Gasteiger partial charge in [0.1, 0.15) is 0 Å². The molecule has 1 aromatic rings. The van der Waals surface area contributed by atoms with Gasteiger partial charge in [-0.1, -0.05) is 0 Å². The number of rotatable bonds is 2. The van der Waals surface area contributed by atoms with Crippen molar-refractivity contribution in [1.29, 1.82) is 0 Å². The third kappa shape index (κ3) is 5.63. The first-order valence-electron chi connectivity index (χ1n) is 9.69. The summed E-state index contributed by atoms with van der Waals surface area (Å²) in [7, 11) is 8.33. The number of hydrogen-bond acceptors (Lipinski definition) is 1. The molecule has 154 valence electrons. The summed E-state index contributed by atoms with van der Waals surface area (Å²) in [6.45, 7) is 6.97. The standard InChI is InChI=1S/C25H31N2Se.ClH/c1-25(2,3)24-17-20(18-8-12-21(13-9-18)26(4)5)16-23(28-24)19-10-14-22(15-11-19)27(6)7;/h8-17H,1-7H3;1H/q+1;/p-1. The van der Waals surface area contributed by atoms with Gasteiger partial charge in [-0.15, -0.1) is 0 Å². The van der Waals surface area contributed by atoms with E-state index in [4.69, 9.17) is 0 Å². The molecule has 0 fully saturated rings. The Kier molecular flexibility index (Phi) is 7.56. The van der Waals surface area contributed by atoms with Gasteiger partial charge in [-0.25, -0.2) is 0 Å². The molecule has 4 heteroatoms. The molecule has 1 heterocycles. The molecule has 2 aliphatic rings. The second kappa shape index (κ2) is 9.34. The fraction of sp³-hybridized carbons (Fsp3) is 0.320. The van der Waals surface area contributed by atoms with Crippen molar-refractivity contribution in [1.82, 2.24) is 0 Å². The first kappa shape index (κ1) is 23.5. The molecule has 29 heavy (non-hydrogen) atoms. The van der Waals surface area contributed by atoms with Crippen LogP contribution in [0.2, 0.25) is 0 Å². The average molecular weight is 474 g/mol. The van der Waals surface area contributed by atoms with Crippen LogP contribution in [0.25, 0.3) is 5.57 Å². The van der Waals surface area contributed by atoms with E-state index in [1.54, 1.807) is 4.47 Å². The van der Waals surface area contributed by atoms with E-state index in [-0.39, 0.29) is 17.8 Å². The second-order valence-electron chi connectivity index (χ2n) is 8.71.